The van der Waals surface area contributed by atoms with Crippen LogP contribution in [-0.4, -0.2) is 56.7 Å². The standard InChI is InChI=1S/C25H27NO8/c1-6-7-8-13-16-18(23(28)32-3)20(25(30)34-5)21-19(24(29)33-4)17(22(27)31-2)14-11-9-10-12-15(14)26(16)21/h9-12H,6-8,13H2,1-5H3. The number of nitrogens with zero attached hydrogens (tertiary/aromatic N) is 1. The van der Waals surface area contributed by atoms with Crippen molar-refractivity contribution in [2.45, 2.75) is 32.6 Å². The van der Waals surface area contributed by atoms with E-state index < -0.39 is 23.9 Å². The molecule has 0 bridgehead atoms. The third-order valence-corrected chi connectivity index (χ3v) is 5.75. The number of rotatable bonds is 8. The van der Waals surface area contributed by atoms with E-state index in [-0.39, 0.29) is 27.8 Å². The largest absolute Gasteiger partial charge is 0.465 e. The number of carbonyl (C=O) groups is 4. The second-order valence-electron chi connectivity index (χ2n) is 7.57. The molecule has 0 aliphatic carbocycles. The van der Waals surface area contributed by atoms with Crippen molar-refractivity contribution >= 4 is 40.3 Å². The highest BCUT2D eigenvalue weighted by molar-refractivity contribution is 6.21. The van der Waals surface area contributed by atoms with Crippen molar-refractivity contribution in [2.75, 3.05) is 28.4 Å². The Hall–Kier alpha value is -3.88. The van der Waals surface area contributed by atoms with Crippen LogP contribution in [0.3, 0.4) is 0 Å². The number of fused-ring (bicyclic) bond motifs is 3. The normalized spacial score (nSPS) is 10.9. The predicted molar refractivity (Wildman–Crippen MR) is 123 cm³/mol. The minimum atomic E-state index is -0.865. The summed E-state index contributed by atoms with van der Waals surface area (Å²) >= 11 is 0. The molecule has 0 atom stereocenters. The van der Waals surface area contributed by atoms with Gasteiger partial charge in [0.1, 0.15) is 5.56 Å². The van der Waals surface area contributed by atoms with Crippen LogP contribution >= 0.6 is 0 Å². The van der Waals surface area contributed by atoms with Crippen LogP contribution in [0.1, 0.15) is 73.3 Å². The van der Waals surface area contributed by atoms with E-state index in [0.29, 0.717) is 29.4 Å². The average molecular weight is 469 g/mol. The van der Waals surface area contributed by atoms with Gasteiger partial charge in [-0.15, -0.1) is 0 Å². The molecule has 0 N–H and O–H groups in total. The van der Waals surface area contributed by atoms with Gasteiger partial charge in [-0.2, -0.15) is 0 Å². The van der Waals surface area contributed by atoms with E-state index in [2.05, 4.69) is 0 Å². The van der Waals surface area contributed by atoms with Crippen molar-refractivity contribution in [3.63, 3.8) is 0 Å². The lowest BCUT2D eigenvalue weighted by Gasteiger charge is -2.16. The van der Waals surface area contributed by atoms with E-state index in [0.717, 1.165) is 12.8 Å². The molecule has 34 heavy (non-hydrogen) atoms. The van der Waals surface area contributed by atoms with Crippen molar-refractivity contribution < 1.29 is 38.1 Å². The molecular weight excluding hydrogens is 442 g/mol. The number of esters is 4. The van der Waals surface area contributed by atoms with Gasteiger partial charge in [0.15, 0.2) is 0 Å². The number of carbonyl (C=O) groups excluding carboxylic acids is 4. The molecule has 0 aliphatic heterocycles. The fourth-order valence-electron chi connectivity index (χ4n) is 4.27. The predicted octanol–water partition coefficient (Wildman–Crippen LogP) is 3.97. The van der Waals surface area contributed by atoms with Crippen LogP contribution in [0, 0.1) is 0 Å². The number of unbranched alkanes of at least 4 members (excludes halogenated alkanes) is 2. The van der Waals surface area contributed by atoms with E-state index in [1.807, 2.05) is 6.92 Å². The van der Waals surface area contributed by atoms with Gasteiger partial charge < -0.3 is 23.3 Å². The quantitative estimate of drug-likeness (QED) is 0.277. The number of aryl methyl sites for hydroxylation is 1. The number of methoxy groups -OCH3 is 4. The van der Waals surface area contributed by atoms with Gasteiger partial charge in [0.25, 0.3) is 0 Å². The molecule has 0 spiro atoms. The Morgan fingerprint density at radius 3 is 1.76 bits per heavy atom. The van der Waals surface area contributed by atoms with Crippen LogP contribution in [0.15, 0.2) is 24.3 Å². The van der Waals surface area contributed by atoms with Gasteiger partial charge in [-0.1, -0.05) is 38.0 Å². The average Bonchev–Trinajstić information content (AvgIpc) is 3.21. The van der Waals surface area contributed by atoms with E-state index >= 15 is 0 Å². The molecule has 180 valence electrons. The maximum absolute atomic E-state index is 13.1. The van der Waals surface area contributed by atoms with Crippen LogP contribution in [0.25, 0.3) is 16.4 Å². The number of para-hydroxylation sites is 1. The summed E-state index contributed by atoms with van der Waals surface area (Å²) in [5.41, 5.74) is 0.576. The van der Waals surface area contributed by atoms with Gasteiger partial charge in [-0.05, 0) is 18.9 Å². The number of hydrogen-bond donors (Lipinski definition) is 0. The topological polar surface area (TPSA) is 110 Å². The highest BCUT2D eigenvalue weighted by Gasteiger charge is 2.36. The minimum absolute atomic E-state index is 0.0113. The first-order chi connectivity index (χ1) is 16.4. The summed E-state index contributed by atoms with van der Waals surface area (Å²) in [6, 6.07) is 6.87. The molecule has 0 unspecified atom stereocenters. The second kappa shape index (κ2) is 10.4. The van der Waals surface area contributed by atoms with E-state index in [4.69, 9.17) is 18.9 Å². The number of aromatic nitrogens is 1. The van der Waals surface area contributed by atoms with Crippen LogP contribution < -0.4 is 0 Å². The van der Waals surface area contributed by atoms with E-state index in [9.17, 15) is 19.2 Å². The van der Waals surface area contributed by atoms with Gasteiger partial charge in [0.05, 0.1) is 56.2 Å². The minimum Gasteiger partial charge on any atom is -0.465 e. The molecule has 0 aliphatic rings. The van der Waals surface area contributed by atoms with Crippen molar-refractivity contribution in [1.82, 2.24) is 4.40 Å². The van der Waals surface area contributed by atoms with Gasteiger partial charge in [-0.25, -0.2) is 19.2 Å². The van der Waals surface area contributed by atoms with Crippen molar-refractivity contribution in [3.8, 4) is 0 Å². The first-order valence-corrected chi connectivity index (χ1v) is 10.8. The van der Waals surface area contributed by atoms with Crippen molar-refractivity contribution in [3.05, 3.63) is 52.2 Å². The molecule has 0 fully saturated rings. The van der Waals surface area contributed by atoms with Crippen molar-refractivity contribution in [2.24, 2.45) is 0 Å². The van der Waals surface area contributed by atoms with Gasteiger partial charge in [0.2, 0.25) is 0 Å². The monoisotopic (exact) mass is 469 g/mol. The Labute approximate surface area is 196 Å². The van der Waals surface area contributed by atoms with Crippen LogP contribution in [0.5, 0.6) is 0 Å². The zero-order chi connectivity index (χ0) is 25.0. The smallest absolute Gasteiger partial charge is 0.340 e. The molecule has 1 aromatic carbocycles. The third-order valence-electron chi connectivity index (χ3n) is 5.75. The zero-order valence-electron chi connectivity index (χ0n) is 19.9. The number of hydrogen-bond acceptors (Lipinski definition) is 8. The molecule has 0 amide bonds. The Morgan fingerprint density at radius 2 is 1.21 bits per heavy atom. The second-order valence-corrected chi connectivity index (χ2v) is 7.57. The number of pyridine rings is 1. The third kappa shape index (κ3) is 3.98. The molecule has 0 radical (unpaired) electrons. The summed E-state index contributed by atoms with van der Waals surface area (Å²) in [6.07, 6.45) is 2.94. The van der Waals surface area contributed by atoms with Gasteiger partial charge in [0, 0.05) is 11.1 Å². The lowest BCUT2D eigenvalue weighted by molar-refractivity contribution is 0.0552. The van der Waals surface area contributed by atoms with Crippen molar-refractivity contribution in [1.29, 1.82) is 0 Å². The maximum Gasteiger partial charge on any atom is 0.340 e. The molecule has 0 saturated heterocycles. The maximum atomic E-state index is 13.1. The summed E-state index contributed by atoms with van der Waals surface area (Å²) < 4.78 is 21.7. The summed E-state index contributed by atoms with van der Waals surface area (Å²) in [6.45, 7) is 2.05. The Bertz CT molecular complexity index is 1290. The summed E-state index contributed by atoms with van der Waals surface area (Å²) in [5.74, 6) is -3.26. The number of benzene rings is 1. The molecule has 0 saturated carbocycles. The molecule has 3 aromatic rings. The number of ether oxygens (including phenoxy) is 4. The lowest BCUT2D eigenvalue weighted by atomic mass is 9.99. The molecule has 9 heteroatoms. The van der Waals surface area contributed by atoms with Gasteiger partial charge in [-0.3, -0.25) is 0 Å². The fourth-order valence-corrected chi connectivity index (χ4v) is 4.27. The zero-order valence-corrected chi connectivity index (χ0v) is 19.9. The molecule has 9 nitrogen and oxygen atoms in total. The highest BCUT2D eigenvalue weighted by atomic mass is 16.5. The molecular formula is C25H27NO8. The van der Waals surface area contributed by atoms with E-state index in [1.54, 1.807) is 28.7 Å². The van der Waals surface area contributed by atoms with Crippen LogP contribution in [0.4, 0.5) is 0 Å². The SMILES string of the molecule is CCCCCc1c(C(=O)OC)c(C(=O)OC)c2c(C(=O)OC)c(C(=O)OC)c3ccccc3n12. The summed E-state index contributed by atoms with van der Waals surface area (Å²) in [7, 11) is 4.74. The molecule has 2 heterocycles. The Balaban J connectivity index is 2.72. The summed E-state index contributed by atoms with van der Waals surface area (Å²) in [4.78, 5) is 52.0. The fraction of sp³-hybridized carbons (Fsp3) is 0.360. The Kier molecular flexibility index (Phi) is 7.55. The highest BCUT2D eigenvalue weighted by Crippen LogP contribution is 2.37. The lowest BCUT2D eigenvalue weighted by Crippen LogP contribution is -2.17. The van der Waals surface area contributed by atoms with Gasteiger partial charge >= 0.3 is 23.9 Å². The Morgan fingerprint density at radius 1 is 0.706 bits per heavy atom. The summed E-state index contributed by atoms with van der Waals surface area (Å²) in [5, 5.41) is 0.404. The molecule has 3 rings (SSSR count). The first kappa shape index (κ1) is 24.8. The van der Waals surface area contributed by atoms with Crippen LogP contribution in [0.2, 0.25) is 0 Å². The molecule has 2 aromatic heterocycles. The van der Waals surface area contributed by atoms with E-state index in [1.165, 1.54) is 28.4 Å². The first-order valence-electron chi connectivity index (χ1n) is 10.8. The van der Waals surface area contributed by atoms with Crippen LogP contribution in [-0.2, 0) is 25.4 Å².